The molecule has 29 heavy (non-hydrogen) atoms. The average Bonchev–Trinajstić information content (AvgIpc) is 2.71. The van der Waals surface area contributed by atoms with E-state index in [0.29, 0.717) is 28.2 Å². The molecule has 2 rings (SSSR count). The maximum atomic E-state index is 6.07. The van der Waals surface area contributed by atoms with E-state index in [9.17, 15) is 0 Å². The van der Waals surface area contributed by atoms with Gasteiger partial charge in [0.15, 0.2) is 11.5 Å². The van der Waals surface area contributed by atoms with Crippen molar-refractivity contribution < 1.29 is 14.2 Å². The summed E-state index contributed by atoms with van der Waals surface area (Å²) in [5.41, 5.74) is 2.04. The average molecular weight is 505 g/mol. The fourth-order valence-electron chi connectivity index (χ4n) is 2.68. The van der Waals surface area contributed by atoms with Gasteiger partial charge in [-0.3, -0.25) is 0 Å². The van der Waals surface area contributed by atoms with E-state index in [0.717, 1.165) is 54.7 Å². The molecule has 0 aliphatic carbocycles. The van der Waals surface area contributed by atoms with Gasteiger partial charge in [-0.05, 0) is 70.7 Å². The summed E-state index contributed by atoms with van der Waals surface area (Å²) in [5, 5.41) is 4.47. The van der Waals surface area contributed by atoms with Gasteiger partial charge in [0.1, 0.15) is 6.61 Å². The molecule has 0 spiro atoms. The van der Waals surface area contributed by atoms with Crippen LogP contribution in [0.5, 0.6) is 11.5 Å². The standard InChI is InChI=1S/C22H28BrCl2NO3/c1-3-4-9-28-10-5-8-26-14-17-11-18(23)22(21(13-17)27-2)29-15-16-6-7-19(24)20(25)12-16/h6-7,11-13,26H,3-5,8-10,14-15H2,1-2H3. The van der Waals surface area contributed by atoms with Crippen LogP contribution in [-0.2, 0) is 17.9 Å². The Morgan fingerprint density at radius 3 is 2.52 bits per heavy atom. The molecule has 2 aromatic rings. The van der Waals surface area contributed by atoms with Gasteiger partial charge in [0.2, 0.25) is 0 Å². The Morgan fingerprint density at radius 1 is 1.00 bits per heavy atom. The molecule has 0 radical (unpaired) electrons. The summed E-state index contributed by atoms with van der Waals surface area (Å²) in [4.78, 5) is 0. The van der Waals surface area contributed by atoms with E-state index in [1.54, 1.807) is 19.2 Å². The van der Waals surface area contributed by atoms with Crippen molar-refractivity contribution in [3.05, 3.63) is 56.0 Å². The summed E-state index contributed by atoms with van der Waals surface area (Å²) < 4.78 is 17.9. The normalized spacial score (nSPS) is 10.9. The first-order chi connectivity index (χ1) is 14.0. The van der Waals surface area contributed by atoms with Crippen LogP contribution in [0, 0.1) is 0 Å². The highest BCUT2D eigenvalue weighted by molar-refractivity contribution is 9.10. The predicted octanol–water partition coefficient (Wildman–Crippen LogP) is 6.64. The Hall–Kier alpha value is -0.980. The van der Waals surface area contributed by atoms with E-state index in [1.165, 1.54) is 6.42 Å². The number of benzene rings is 2. The molecule has 0 aliphatic heterocycles. The molecule has 0 amide bonds. The van der Waals surface area contributed by atoms with Crippen LogP contribution in [0.15, 0.2) is 34.8 Å². The molecule has 0 bridgehead atoms. The molecular formula is C22H28BrCl2NO3. The number of unbranched alkanes of at least 4 members (excludes halogenated alkanes) is 1. The van der Waals surface area contributed by atoms with Crippen molar-refractivity contribution in [1.82, 2.24) is 5.32 Å². The number of rotatable bonds is 13. The summed E-state index contributed by atoms with van der Waals surface area (Å²) in [5.74, 6) is 1.34. The van der Waals surface area contributed by atoms with Crippen LogP contribution in [0.2, 0.25) is 10.0 Å². The zero-order valence-electron chi connectivity index (χ0n) is 16.9. The third kappa shape index (κ3) is 8.35. The van der Waals surface area contributed by atoms with Crippen LogP contribution in [0.4, 0.5) is 0 Å². The van der Waals surface area contributed by atoms with Crippen LogP contribution in [0.1, 0.15) is 37.3 Å². The minimum Gasteiger partial charge on any atom is -0.493 e. The van der Waals surface area contributed by atoms with E-state index >= 15 is 0 Å². The van der Waals surface area contributed by atoms with Gasteiger partial charge in [-0.25, -0.2) is 0 Å². The molecule has 7 heteroatoms. The SMILES string of the molecule is CCCCOCCCNCc1cc(Br)c(OCc2ccc(Cl)c(Cl)c2)c(OC)c1. The molecule has 160 valence electrons. The lowest BCUT2D eigenvalue weighted by Crippen LogP contribution is -2.16. The topological polar surface area (TPSA) is 39.7 Å². The molecular weight excluding hydrogens is 477 g/mol. The van der Waals surface area contributed by atoms with E-state index in [-0.39, 0.29) is 0 Å². The van der Waals surface area contributed by atoms with Crippen molar-refractivity contribution in [3.63, 3.8) is 0 Å². The quantitative estimate of drug-likeness (QED) is 0.310. The van der Waals surface area contributed by atoms with Crippen molar-refractivity contribution in [3.8, 4) is 11.5 Å². The second-order valence-corrected chi connectivity index (χ2v) is 8.31. The molecule has 0 heterocycles. The molecule has 1 N–H and O–H groups in total. The van der Waals surface area contributed by atoms with E-state index in [2.05, 4.69) is 28.2 Å². The molecule has 2 aromatic carbocycles. The highest BCUT2D eigenvalue weighted by Crippen LogP contribution is 2.37. The second kappa shape index (κ2) is 13.3. The lowest BCUT2D eigenvalue weighted by molar-refractivity contribution is 0.129. The Morgan fingerprint density at radius 2 is 1.79 bits per heavy atom. The first-order valence-electron chi connectivity index (χ1n) is 9.76. The number of hydrogen-bond donors (Lipinski definition) is 1. The van der Waals surface area contributed by atoms with E-state index in [4.69, 9.17) is 37.4 Å². The number of methoxy groups -OCH3 is 1. The molecule has 0 saturated heterocycles. The molecule has 4 nitrogen and oxygen atoms in total. The molecule has 0 fully saturated rings. The Kier molecular flexibility index (Phi) is 11.2. The van der Waals surface area contributed by atoms with Gasteiger partial charge in [0.25, 0.3) is 0 Å². The van der Waals surface area contributed by atoms with Gasteiger partial charge in [-0.2, -0.15) is 0 Å². The fraction of sp³-hybridized carbons (Fsp3) is 0.455. The smallest absolute Gasteiger partial charge is 0.175 e. The maximum absolute atomic E-state index is 6.07. The van der Waals surface area contributed by atoms with Crippen molar-refractivity contribution in [2.24, 2.45) is 0 Å². The van der Waals surface area contributed by atoms with Crippen molar-refractivity contribution in [2.75, 3.05) is 26.9 Å². The van der Waals surface area contributed by atoms with Gasteiger partial charge in [-0.15, -0.1) is 0 Å². The van der Waals surface area contributed by atoms with Crippen LogP contribution in [0.3, 0.4) is 0 Å². The lowest BCUT2D eigenvalue weighted by Gasteiger charge is -2.15. The van der Waals surface area contributed by atoms with Crippen LogP contribution in [-0.4, -0.2) is 26.9 Å². The van der Waals surface area contributed by atoms with Gasteiger partial charge >= 0.3 is 0 Å². The van der Waals surface area contributed by atoms with Crippen molar-refractivity contribution >= 4 is 39.1 Å². The maximum Gasteiger partial charge on any atom is 0.175 e. The summed E-state index contributed by atoms with van der Waals surface area (Å²) in [7, 11) is 1.64. The van der Waals surface area contributed by atoms with Crippen LogP contribution in [0.25, 0.3) is 0 Å². The first kappa shape index (κ1) is 24.3. The summed E-state index contributed by atoms with van der Waals surface area (Å²) in [6.07, 6.45) is 3.29. The summed E-state index contributed by atoms with van der Waals surface area (Å²) in [6, 6.07) is 9.48. The minimum absolute atomic E-state index is 0.363. The minimum atomic E-state index is 0.363. The lowest BCUT2D eigenvalue weighted by atomic mass is 10.2. The second-order valence-electron chi connectivity index (χ2n) is 6.64. The van der Waals surface area contributed by atoms with Crippen molar-refractivity contribution in [1.29, 1.82) is 0 Å². The van der Waals surface area contributed by atoms with Gasteiger partial charge in [-0.1, -0.05) is 42.6 Å². The third-order valence-electron chi connectivity index (χ3n) is 4.27. The third-order valence-corrected chi connectivity index (χ3v) is 5.60. The highest BCUT2D eigenvalue weighted by Gasteiger charge is 2.12. The summed E-state index contributed by atoms with van der Waals surface area (Å²) >= 11 is 15.6. The molecule has 0 saturated carbocycles. The van der Waals surface area contributed by atoms with E-state index < -0.39 is 0 Å². The largest absolute Gasteiger partial charge is 0.493 e. The van der Waals surface area contributed by atoms with Crippen molar-refractivity contribution in [2.45, 2.75) is 39.3 Å². The number of hydrogen-bond acceptors (Lipinski definition) is 4. The molecule has 0 aliphatic rings. The van der Waals surface area contributed by atoms with Crippen LogP contribution >= 0.6 is 39.1 Å². The zero-order chi connectivity index (χ0) is 21.1. The molecule has 0 aromatic heterocycles. The Bertz CT molecular complexity index is 774. The van der Waals surface area contributed by atoms with Gasteiger partial charge < -0.3 is 19.5 Å². The molecule has 0 atom stereocenters. The van der Waals surface area contributed by atoms with Gasteiger partial charge in [0, 0.05) is 19.8 Å². The zero-order valence-corrected chi connectivity index (χ0v) is 20.0. The number of halogens is 3. The predicted molar refractivity (Wildman–Crippen MR) is 124 cm³/mol. The first-order valence-corrected chi connectivity index (χ1v) is 11.3. The highest BCUT2D eigenvalue weighted by atomic mass is 79.9. The van der Waals surface area contributed by atoms with E-state index in [1.807, 2.05) is 18.2 Å². The monoisotopic (exact) mass is 503 g/mol. The number of nitrogens with one attached hydrogen (secondary N) is 1. The fourth-order valence-corrected chi connectivity index (χ4v) is 3.61. The Balaban J connectivity index is 1.87. The summed E-state index contributed by atoms with van der Waals surface area (Å²) in [6.45, 7) is 5.83. The van der Waals surface area contributed by atoms with Crippen LogP contribution < -0.4 is 14.8 Å². The Labute approximate surface area is 192 Å². The number of ether oxygens (including phenoxy) is 3. The van der Waals surface area contributed by atoms with Gasteiger partial charge in [0.05, 0.1) is 21.6 Å². The molecule has 0 unspecified atom stereocenters.